The topological polar surface area (TPSA) is 63.7 Å². The van der Waals surface area contributed by atoms with Gasteiger partial charge in [-0.25, -0.2) is 0 Å². The van der Waals surface area contributed by atoms with E-state index in [1.807, 2.05) is 31.2 Å². The molecular weight excluding hydrogens is 390 g/mol. The summed E-state index contributed by atoms with van der Waals surface area (Å²) in [5, 5.41) is 0.800. The number of furan rings is 1. The second-order valence-electron chi connectivity index (χ2n) is 7.14. The molecule has 29 heavy (non-hydrogen) atoms. The first-order chi connectivity index (χ1) is 14.0. The molecule has 3 heterocycles. The molecule has 0 radical (unpaired) electrons. The van der Waals surface area contributed by atoms with Crippen LogP contribution in [0.5, 0.6) is 0 Å². The summed E-state index contributed by atoms with van der Waals surface area (Å²) in [7, 11) is 0. The highest BCUT2D eigenvalue weighted by Crippen LogP contribution is 2.39. The number of fused-ring (bicyclic) bond motifs is 2. The number of amides is 1. The van der Waals surface area contributed by atoms with E-state index in [9.17, 15) is 9.59 Å². The Morgan fingerprint density at radius 1 is 1.07 bits per heavy atom. The molecule has 0 N–H and O–H groups in total. The van der Waals surface area contributed by atoms with Crippen molar-refractivity contribution in [1.82, 2.24) is 4.90 Å². The minimum Gasteiger partial charge on any atom is -0.467 e. The lowest BCUT2D eigenvalue weighted by Gasteiger charge is -2.24. The highest BCUT2D eigenvalue weighted by molar-refractivity contribution is 6.31. The third-order valence-electron chi connectivity index (χ3n) is 5.23. The number of nitrogens with zero attached hydrogens (tertiary/aromatic N) is 1. The van der Waals surface area contributed by atoms with Crippen LogP contribution in [0.15, 0.2) is 74.5 Å². The quantitative estimate of drug-likeness (QED) is 0.476. The molecule has 0 spiro atoms. The summed E-state index contributed by atoms with van der Waals surface area (Å²) < 4.78 is 11.3. The van der Waals surface area contributed by atoms with Gasteiger partial charge in [-0.15, -0.1) is 0 Å². The molecule has 1 atom stereocenters. The first kappa shape index (κ1) is 17.8. The Labute approximate surface area is 171 Å². The average molecular weight is 406 g/mol. The van der Waals surface area contributed by atoms with E-state index in [0.29, 0.717) is 27.3 Å². The average Bonchev–Trinajstić information content (AvgIpc) is 3.32. The Hall–Kier alpha value is -3.31. The van der Waals surface area contributed by atoms with Crippen LogP contribution >= 0.6 is 11.6 Å². The molecule has 5 nitrogen and oxygen atoms in total. The smallest absolute Gasteiger partial charge is 0.291 e. The molecule has 0 bridgehead atoms. The molecule has 5 rings (SSSR count). The van der Waals surface area contributed by atoms with Crippen LogP contribution in [0.1, 0.15) is 39.0 Å². The highest BCUT2D eigenvalue weighted by Gasteiger charge is 2.43. The number of carbonyl (C=O) groups is 1. The minimum absolute atomic E-state index is 0.0713. The molecule has 1 amide bonds. The van der Waals surface area contributed by atoms with Gasteiger partial charge in [0.1, 0.15) is 11.3 Å². The number of rotatable bonds is 3. The maximum Gasteiger partial charge on any atom is 0.291 e. The number of hydrogen-bond donors (Lipinski definition) is 0. The van der Waals surface area contributed by atoms with Gasteiger partial charge in [-0.05, 0) is 42.8 Å². The van der Waals surface area contributed by atoms with Gasteiger partial charge in [0.2, 0.25) is 5.76 Å². The summed E-state index contributed by atoms with van der Waals surface area (Å²) in [5.74, 6) is 0.362. The molecule has 0 saturated carbocycles. The van der Waals surface area contributed by atoms with Crippen molar-refractivity contribution in [1.29, 1.82) is 0 Å². The van der Waals surface area contributed by atoms with Gasteiger partial charge in [0.15, 0.2) is 5.43 Å². The van der Waals surface area contributed by atoms with Crippen LogP contribution in [-0.2, 0) is 6.54 Å². The predicted octanol–water partition coefficient (Wildman–Crippen LogP) is 5.09. The number of hydrogen-bond acceptors (Lipinski definition) is 4. The third-order valence-corrected chi connectivity index (χ3v) is 5.46. The Balaban J connectivity index is 1.75. The van der Waals surface area contributed by atoms with E-state index in [1.165, 1.54) is 0 Å². The van der Waals surface area contributed by atoms with E-state index in [-0.39, 0.29) is 23.6 Å². The molecule has 0 saturated heterocycles. The Kier molecular flexibility index (Phi) is 4.07. The zero-order valence-electron chi connectivity index (χ0n) is 15.5. The van der Waals surface area contributed by atoms with E-state index in [0.717, 1.165) is 11.1 Å². The van der Waals surface area contributed by atoms with Gasteiger partial charge in [0.05, 0.1) is 29.8 Å². The SMILES string of the molecule is Cc1ccc([C@@H]2c3c(oc4ccc(Cl)cc4c3=O)C(=O)N2Cc2ccco2)cc1. The normalized spacial score (nSPS) is 15.9. The summed E-state index contributed by atoms with van der Waals surface area (Å²) in [6.45, 7) is 2.22. The molecular formula is C23H16ClNO4. The highest BCUT2D eigenvalue weighted by atomic mass is 35.5. The van der Waals surface area contributed by atoms with E-state index in [2.05, 4.69) is 0 Å². The van der Waals surface area contributed by atoms with Crippen molar-refractivity contribution in [3.05, 3.63) is 104 Å². The lowest BCUT2D eigenvalue weighted by Crippen LogP contribution is -2.29. The summed E-state index contributed by atoms with van der Waals surface area (Å²) in [4.78, 5) is 28.3. The van der Waals surface area contributed by atoms with Crippen molar-refractivity contribution in [2.45, 2.75) is 19.5 Å². The molecule has 1 aliphatic heterocycles. The number of benzene rings is 2. The monoisotopic (exact) mass is 405 g/mol. The molecule has 144 valence electrons. The van der Waals surface area contributed by atoms with Gasteiger partial charge in [-0.3, -0.25) is 9.59 Å². The fourth-order valence-electron chi connectivity index (χ4n) is 3.82. The van der Waals surface area contributed by atoms with Gasteiger partial charge >= 0.3 is 0 Å². The van der Waals surface area contributed by atoms with Gasteiger partial charge in [0, 0.05) is 5.02 Å². The van der Waals surface area contributed by atoms with E-state index >= 15 is 0 Å². The molecule has 6 heteroatoms. The molecule has 2 aromatic carbocycles. The van der Waals surface area contributed by atoms with Crippen molar-refractivity contribution in [2.24, 2.45) is 0 Å². The standard InChI is InChI=1S/C23H16ClNO4/c1-13-4-6-14(7-5-13)20-19-21(26)17-11-15(24)8-9-18(17)29-22(19)23(27)25(20)12-16-3-2-10-28-16/h2-11,20H,12H2,1H3/t20-/m1/s1. The Morgan fingerprint density at radius 2 is 1.86 bits per heavy atom. The van der Waals surface area contributed by atoms with E-state index in [1.54, 1.807) is 41.5 Å². The Bertz CT molecular complexity index is 1290. The van der Waals surface area contributed by atoms with Gasteiger partial charge in [0.25, 0.3) is 5.91 Å². The number of carbonyl (C=O) groups excluding carboxylic acids is 1. The van der Waals surface area contributed by atoms with Gasteiger partial charge in [-0.2, -0.15) is 0 Å². The van der Waals surface area contributed by atoms with Crippen molar-refractivity contribution >= 4 is 28.5 Å². The molecule has 0 aliphatic carbocycles. The second kappa shape index (κ2) is 6.64. The molecule has 1 aliphatic rings. The van der Waals surface area contributed by atoms with Crippen LogP contribution in [0.4, 0.5) is 0 Å². The summed E-state index contributed by atoms with van der Waals surface area (Å²) in [5.41, 5.74) is 2.36. The van der Waals surface area contributed by atoms with Crippen LogP contribution in [0.3, 0.4) is 0 Å². The van der Waals surface area contributed by atoms with Crippen molar-refractivity contribution in [2.75, 3.05) is 0 Å². The zero-order chi connectivity index (χ0) is 20.1. The molecule has 4 aromatic rings. The third kappa shape index (κ3) is 2.86. The van der Waals surface area contributed by atoms with E-state index < -0.39 is 6.04 Å². The molecule has 0 unspecified atom stereocenters. The fraction of sp³-hybridized carbons (Fsp3) is 0.130. The van der Waals surface area contributed by atoms with Crippen LogP contribution in [0, 0.1) is 6.92 Å². The zero-order valence-corrected chi connectivity index (χ0v) is 16.3. The summed E-state index contributed by atoms with van der Waals surface area (Å²) >= 11 is 6.09. The first-order valence-corrected chi connectivity index (χ1v) is 9.57. The Morgan fingerprint density at radius 3 is 2.59 bits per heavy atom. The van der Waals surface area contributed by atoms with Crippen LogP contribution < -0.4 is 5.43 Å². The van der Waals surface area contributed by atoms with Gasteiger partial charge < -0.3 is 13.7 Å². The maximum absolute atomic E-state index is 13.4. The largest absolute Gasteiger partial charge is 0.467 e. The van der Waals surface area contributed by atoms with Crippen LogP contribution in [0.2, 0.25) is 5.02 Å². The first-order valence-electron chi connectivity index (χ1n) is 9.19. The summed E-state index contributed by atoms with van der Waals surface area (Å²) in [6, 6.07) is 15.6. The van der Waals surface area contributed by atoms with E-state index in [4.69, 9.17) is 20.4 Å². The maximum atomic E-state index is 13.4. The number of halogens is 1. The fourth-order valence-corrected chi connectivity index (χ4v) is 3.99. The van der Waals surface area contributed by atoms with Crippen molar-refractivity contribution in [3.63, 3.8) is 0 Å². The lowest BCUT2D eigenvalue weighted by atomic mass is 9.97. The molecule has 2 aromatic heterocycles. The van der Waals surface area contributed by atoms with Crippen molar-refractivity contribution < 1.29 is 13.6 Å². The van der Waals surface area contributed by atoms with Crippen LogP contribution in [0.25, 0.3) is 11.0 Å². The van der Waals surface area contributed by atoms with Gasteiger partial charge in [-0.1, -0.05) is 41.4 Å². The minimum atomic E-state index is -0.567. The lowest BCUT2D eigenvalue weighted by molar-refractivity contribution is 0.0701. The summed E-state index contributed by atoms with van der Waals surface area (Å²) in [6.07, 6.45) is 1.56. The number of aryl methyl sites for hydroxylation is 1. The predicted molar refractivity (Wildman–Crippen MR) is 109 cm³/mol. The molecule has 0 fully saturated rings. The van der Waals surface area contributed by atoms with Crippen LogP contribution in [-0.4, -0.2) is 10.8 Å². The second-order valence-corrected chi connectivity index (χ2v) is 7.58. The van der Waals surface area contributed by atoms with Crippen molar-refractivity contribution in [3.8, 4) is 0 Å².